The van der Waals surface area contributed by atoms with E-state index < -0.39 is 11.9 Å². The number of carbonyl (C=O) groups is 2. The van der Waals surface area contributed by atoms with Gasteiger partial charge in [0.2, 0.25) is 0 Å². The number of amides is 1. The molecule has 0 aliphatic carbocycles. The first-order valence-corrected chi connectivity index (χ1v) is 5.99. The monoisotopic (exact) mass is 264 g/mol. The summed E-state index contributed by atoms with van der Waals surface area (Å²) in [6, 6.07) is 4.95. The van der Waals surface area contributed by atoms with E-state index in [-0.39, 0.29) is 18.6 Å². The van der Waals surface area contributed by atoms with E-state index in [0.29, 0.717) is 11.4 Å². The molecule has 102 valence electrons. The number of carbonyl (C=O) groups excluding carboxylic acids is 1. The highest BCUT2D eigenvalue weighted by Gasteiger charge is 2.25. The summed E-state index contributed by atoms with van der Waals surface area (Å²) in [6.45, 7) is 1.64. The zero-order chi connectivity index (χ0) is 14.0. The Kier molecular flexibility index (Phi) is 3.71. The smallest absolute Gasteiger partial charge is 0.308 e. The summed E-state index contributed by atoms with van der Waals surface area (Å²) in [5, 5.41) is 14.8. The van der Waals surface area contributed by atoms with Gasteiger partial charge in [-0.15, -0.1) is 0 Å². The maximum atomic E-state index is 11.3. The Morgan fingerprint density at radius 1 is 1.53 bits per heavy atom. The van der Waals surface area contributed by atoms with E-state index in [1.807, 2.05) is 0 Å². The van der Waals surface area contributed by atoms with Gasteiger partial charge in [-0.25, -0.2) is 0 Å². The number of nitrogens with one attached hydrogen (secondary N) is 2. The molecule has 2 unspecified atom stereocenters. The molecule has 0 spiro atoms. The second-order valence-corrected chi connectivity index (χ2v) is 4.49. The molecule has 1 aromatic rings. The highest BCUT2D eigenvalue weighted by atomic mass is 16.5. The molecule has 2 atom stereocenters. The lowest BCUT2D eigenvalue weighted by atomic mass is 9.94. The van der Waals surface area contributed by atoms with E-state index in [1.165, 1.54) is 0 Å². The molecule has 0 saturated heterocycles. The van der Waals surface area contributed by atoms with Gasteiger partial charge in [0, 0.05) is 6.04 Å². The van der Waals surface area contributed by atoms with Crippen LogP contribution in [0.5, 0.6) is 5.75 Å². The van der Waals surface area contributed by atoms with Gasteiger partial charge in [0.15, 0.2) is 6.61 Å². The van der Waals surface area contributed by atoms with E-state index in [0.717, 1.165) is 5.56 Å². The molecule has 1 aromatic carbocycles. The quantitative estimate of drug-likeness (QED) is 0.755. The molecule has 0 saturated carbocycles. The largest absolute Gasteiger partial charge is 0.482 e. The molecule has 0 aromatic heterocycles. The molecule has 3 N–H and O–H groups in total. The van der Waals surface area contributed by atoms with Crippen LogP contribution < -0.4 is 15.4 Å². The minimum atomic E-state index is -0.877. The van der Waals surface area contributed by atoms with Crippen molar-refractivity contribution in [2.24, 2.45) is 5.92 Å². The van der Waals surface area contributed by atoms with Crippen molar-refractivity contribution in [2.45, 2.75) is 13.0 Å². The molecule has 1 heterocycles. The molecular weight excluding hydrogens is 248 g/mol. The average Bonchev–Trinajstić information content (AvgIpc) is 2.38. The summed E-state index contributed by atoms with van der Waals surface area (Å²) in [5.41, 5.74) is 1.37. The van der Waals surface area contributed by atoms with Crippen molar-refractivity contribution < 1.29 is 19.4 Å². The lowest BCUT2D eigenvalue weighted by Crippen LogP contribution is -2.29. The summed E-state index contributed by atoms with van der Waals surface area (Å²) >= 11 is 0. The van der Waals surface area contributed by atoms with Crippen LogP contribution in [0.4, 0.5) is 5.69 Å². The SMILES string of the molecule is CNC(c1ccc2c(c1)NC(=O)CO2)C(C)C(=O)O. The molecule has 1 amide bonds. The van der Waals surface area contributed by atoms with Gasteiger partial charge >= 0.3 is 5.97 Å². The molecule has 1 aliphatic heterocycles. The molecule has 0 radical (unpaired) electrons. The number of carboxylic acids is 1. The summed E-state index contributed by atoms with van der Waals surface area (Å²) < 4.78 is 5.26. The van der Waals surface area contributed by atoms with Gasteiger partial charge in [-0.05, 0) is 24.7 Å². The number of anilines is 1. The fourth-order valence-electron chi connectivity index (χ4n) is 2.14. The number of fused-ring (bicyclic) bond motifs is 1. The van der Waals surface area contributed by atoms with Crippen LogP contribution >= 0.6 is 0 Å². The molecule has 0 bridgehead atoms. The van der Waals surface area contributed by atoms with E-state index in [9.17, 15) is 9.59 Å². The highest BCUT2D eigenvalue weighted by Crippen LogP contribution is 2.32. The van der Waals surface area contributed by atoms with Crippen molar-refractivity contribution in [3.63, 3.8) is 0 Å². The second-order valence-electron chi connectivity index (χ2n) is 4.49. The number of carboxylic acid groups (broad SMARTS) is 1. The predicted molar refractivity (Wildman–Crippen MR) is 69.2 cm³/mol. The summed E-state index contributed by atoms with van der Waals surface area (Å²) in [5.74, 6) is -1.07. The number of hydrogen-bond donors (Lipinski definition) is 3. The van der Waals surface area contributed by atoms with Crippen molar-refractivity contribution in [1.29, 1.82) is 0 Å². The van der Waals surface area contributed by atoms with E-state index in [2.05, 4.69) is 10.6 Å². The van der Waals surface area contributed by atoms with Crippen LogP contribution in [0.25, 0.3) is 0 Å². The molecule has 1 aliphatic rings. The van der Waals surface area contributed by atoms with Crippen LogP contribution in [0.15, 0.2) is 18.2 Å². The third-order valence-corrected chi connectivity index (χ3v) is 3.20. The third-order valence-electron chi connectivity index (χ3n) is 3.20. The summed E-state index contributed by atoms with van der Waals surface area (Å²) in [7, 11) is 1.71. The summed E-state index contributed by atoms with van der Waals surface area (Å²) in [6.07, 6.45) is 0. The number of ether oxygens (including phenoxy) is 1. The Balaban J connectivity index is 2.32. The third kappa shape index (κ3) is 2.68. The number of aliphatic carboxylic acids is 1. The van der Waals surface area contributed by atoms with Crippen molar-refractivity contribution in [1.82, 2.24) is 5.32 Å². The van der Waals surface area contributed by atoms with Gasteiger partial charge in [0.05, 0.1) is 11.6 Å². The fourth-order valence-corrected chi connectivity index (χ4v) is 2.14. The van der Waals surface area contributed by atoms with E-state index in [4.69, 9.17) is 9.84 Å². The van der Waals surface area contributed by atoms with E-state index >= 15 is 0 Å². The van der Waals surface area contributed by atoms with Crippen LogP contribution in [0.1, 0.15) is 18.5 Å². The lowest BCUT2D eigenvalue weighted by molar-refractivity contribution is -0.142. The number of hydrogen-bond acceptors (Lipinski definition) is 4. The molecular formula is C13H16N2O4. The van der Waals surface area contributed by atoms with Crippen LogP contribution in [-0.4, -0.2) is 30.6 Å². The Morgan fingerprint density at radius 3 is 2.89 bits per heavy atom. The molecule has 0 fully saturated rings. The molecule has 2 rings (SSSR count). The van der Waals surface area contributed by atoms with Crippen LogP contribution in [0, 0.1) is 5.92 Å². The van der Waals surface area contributed by atoms with E-state index in [1.54, 1.807) is 32.2 Å². The maximum absolute atomic E-state index is 11.3. The van der Waals surface area contributed by atoms with Crippen molar-refractivity contribution >= 4 is 17.6 Å². The zero-order valence-corrected chi connectivity index (χ0v) is 10.8. The Bertz CT molecular complexity index is 515. The minimum Gasteiger partial charge on any atom is -0.482 e. The van der Waals surface area contributed by atoms with Gasteiger partial charge < -0.3 is 20.5 Å². The average molecular weight is 264 g/mol. The summed E-state index contributed by atoms with van der Waals surface area (Å²) in [4.78, 5) is 22.4. The molecule has 6 heteroatoms. The Hall–Kier alpha value is -2.08. The van der Waals surface area contributed by atoms with Crippen LogP contribution in [-0.2, 0) is 9.59 Å². The molecule has 6 nitrogen and oxygen atoms in total. The van der Waals surface area contributed by atoms with Gasteiger partial charge in [-0.3, -0.25) is 9.59 Å². The Labute approximate surface area is 110 Å². The van der Waals surface area contributed by atoms with Crippen LogP contribution in [0.2, 0.25) is 0 Å². The first-order valence-electron chi connectivity index (χ1n) is 5.99. The topological polar surface area (TPSA) is 87.7 Å². The number of benzene rings is 1. The first kappa shape index (κ1) is 13.4. The Morgan fingerprint density at radius 2 is 2.26 bits per heavy atom. The first-order chi connectivity index (χ1) is 9.02. The van der Waals surface area contributed by atoms with Crippen molar-refractivity contribution in [2.75, 3.05) is 19.0 Å². The molecule has 19 heavy (non-hydrogen) atoms. The predicted octanol–water partition coefficient (Wildman–Crippen LogP) is 0.999. The van der Waals surface area contributed by atoms with Crippen molar-refractivity contribution in [3.8, 4) is 5.75 Å². The van der Waals surface area contributed by atoms with Crippen LogP contribution in [0.3, 0.4) is 0 Å². The number of rotatable bonds is 4. The van der Waals surface area contributed by atoms with Gasteiger partial charge in [-0.2, -0.15) is 0 Å². The second kappa shape index (κ2) is 5.27. The van der Waals surface area contributed by atoms with Gasteiger partial charge in [-0.1, -0.05) is 13.0 Å². The normalized spacial score (nSPS) is 16.8. The standard InChI is InChI=1S/C13H16N2O4/c1-7(13(17)18)12(14-2)8-3-4-10-9(5-8)15-11(16)6-19-10/h3-5,7,12,14H,6H2,1-2H3,(H,15,16)(H,17,18). The maximum Gasteiger partial charge on any atom is 0.308 e. The lowest BCUT2D eigenvalue weighted by Gasteiger charge is -2.24. The highest BCUT2D eigenvalue weighted by molar-refractivity contribution is 5.95. The van der Waals surface area contributed by atoms with Crippen molar-refractivity contribution in [3.05, 3.63) is 23.8 Å². The minimum absolute atomic E-state index is 0.00727. The van der Waals surface area contributed by atoms with Gasteiger partial charge in [0.25, 0.3) is 5.91 Å². The van der Waals surface area contributed by atoms with Gasteiger partial charge in [0.1, 0.15) is 5.75 Å². The fraction of sp³-hybridized carbons (Fsp3) is 0.385. The zero-order valence-electron chi connectivity index (χ0n) is 10.8.